The highest BCUT2D eigenvalue weighted by Crippen LogP contribution is 2.39. The van der Waals surface area contributed by atoms with Gasteiger partial charge in [-0.2, -0.15) is 0 Å². The first-order valence-corrected chi connectivity index (χ1v) is 8.42. The molecule has 3 aromatic heterocycles. The minimum Gasteiger partial charge on any atom is -0.459 e. The molecular formula is C17H19N5O2. The summed E-state index contributed by atoms with van der Waals surface area (Å²) >= 11 is 0. The van der Waals surface area contributed by atoms with Crippen molar-refractivity contribution in [3.8, 4) is 11.7 Å². The van der Waals surface area contributed by atoms with Gasteiger partial charge in [0.1, 0.15) is 17.4 Å². The van der Waals surface area contributed by atoms with E-state index in [-0.39, 0.29) is 0 Å². The normalized spacial score (nSPS) is 18.0. The Morgan fingerprint density at radius 1 is 1.25 bits per heavy atom. The monoisotopic (exact) mass is 325 g/mol. The molecule has 7 nitrogen and oxygen atoms in total. The third-order valence-electron chi connectivity index (χ3n) is 4.80. The summed E-state index contributed by atoms with van der Waals surface area (Å²) in [6, 6.07) is 3.70. The summed E-state index contributed by atoms with van der Waals surface area (Å²) in [5.41, 5.74) is 0.955. The topological polar surface area (TPSA) is 73.1 Å². The van der Waals surface area contributed by atoms with Crippen LogP contribution >= 0.6 is 0 Å². The minimum absolute atomic E-state index is 0.545. The van der Waals surface area contributed by atoms with Crippen LogP contribution in [0.4, 0.5) is 0 Å². The smallest absolute Gasteiger partial charge is 0.263 e. The molecule has 5 rings (SSSR count). The fraction of sp³-hybridized carbons (Fsp3) is 0.471. The van der Waals surface area contributed by atoms with Gasteiger partial charge in [0.25, 0.3) is 5.89 Å². The van der Waals surface area contributed by atoms with Gasteiger partial charge in [0, 0.05) is 25.6 Å². The summed E-state index contributed by atoms with van der Waals surface area (Å²) in [5.74, 6) is 4.94. The number of rotatable bonds is 4. The number of aromatic nitrogens is 4. The van der Waals surface area contributed by atoms with Gasteiger partial charge in [0.15, 0.2) is 5.76 Å². The van der Waals surface area contributed by atoms with E-state index in [1.54, 1.807) is 6.26 Å². The van der Waals surface area contributed by atoms with Crippen LogP contribution in [0.5, 0.6) is 0 Å². The Hall–Kier alpha value is -2.41. The van der Waals surface area contributed by atoms with Crippen molar-refractivity contribution in [2.75, 3.05) is 6.54 Å². The van der Waals surface area contributed by atoms with E-state index in [4.69, 9.17) is 8.83 Å². The lowest BCUT2D eigenvalue weighted by atomic mass is 10.2. The number of hydrogen-bond donors (Lipinski definition) is 0. The molecule has 3 aromatic rings. The van der Waals surface area contributed by atoms with Gasteiger partial charge in [-0.1, -0.05) is 0 Å². The molecule has 0 aromatic carbocycles. The highest BCUT2D eigenvalue weighted by atomic mass is 16.4. The van der Waals surface area contributed by atoms with Crippen LogP contribution in [0.2, 0.25) is 0 Å². The lowest BCUT2D eigenvalue weighted by Crippen LogP contribution is -2.34. The van der Waals surface area contributed by atoms with Crippen molar-refractivity contribution in [1.29, 1.82) is 0 Å². The Labute approximate surface area is 139 Å². The van der Waals surface area contributed by atoms with Crippen LogP contribution in [-0.2, 0) is 19.6 Å². The first-order chi connectivity index (χ1) is 11.8. The second-order valence-corrected chi connectivity index (χ2v) is 6.61. The van der Waals surface area contributed by atoms with E-state index in [1.807, 2.05) is 19.1 Å². The molecule has 0 atom stereocenters. The summed E-state index contributed by atoms with van der Waals surface area (Å²) in [5, 5.41) is 8.79. The largest absolute Gasteiger partial charge is 0.459 e. The van der Waals surface area contributed by atoms with Crippen molar-refractivity contribution in [2.45, 2.75) is 45.3 Å². The Morgan fingerprint density at radius 3 is 2.96 bits per heavy atom. The standard InChI is InChI=1S/C17H19N5O2/c1-11-13(18-17(24-11)14-3-2-8-23-14)9-21-6-7-22-15(10-21)19-20-16(22)12-4-5-12/h2-3,8,12H,4-7,9-10H2,1H3. The van der Waals surface area contributed by atoms with Gasteiger partial charge in [-0.05, 0) is 31.9 Å². The van der Waals surface area contributed by atoms with Crippen molar-refractivity contribution in [1.82, 2.24) is 24.6 Å². The summed E-state index contributed by atoms with van der Waals surface area (Å²) < 4.78 is 13.4. The van der Waals surface area contributed by atoms with Gasteiger partial charge in [-0.15, -0.1) is 10.2 Å². The Bertz CT molecular complexity index is 860. The lowest BCUT2D eigenvalue weighted by Gasteiger charge is -2.27. The van der Waals surface area contributed by atoms with Crippen LogP contribution in [0.3, 0.4) is 0 Å². The van der Waals surface area contributed by atoms with Crippen molar-refractivity contribution in [3.63, 3.8) is 0 Å². The van der Waals surface area contributed by atoms with E-state index in [0.29, 0.717) is 17.6 Å². The molecular weight excluding hydrogens is 306 g/mol. The molecule has 4 heterocycles. The summed E-state index contributed by atoms with van der Waals surface area (Å²) in [7, 11) is 0. The quantitative estimate of drug-likeness (QED) is 0.734. The third-order valence-corrected chi connectivity index (χ3v) is 4.80. The average molecular weight is 325 g/mol. The predicted molar refractivity (Wildman–Crippen MR) is 85.1 cm³/mol. The van der Waals surface area contributed by atoms with E-state index in [2.05, 4.69) is 24.6 Å². The molecule has 2 aliphatic rings. The minimum atomic E-state index is 0.545. The Morgan fingerprint density at radius 2 is 2.17 bits per heavy atom. The maximum absolute atomic E-state index is 5.75. The summed E-state index contributed by atoms with van der Waals surface area (Å²) in [6.45, 7) is 5.44. The van der Waals surface area contributed by atoms with Gasteiger partial charge in [0.05, 0.1) is 18.5 Å². The molecule has 0 saturated heterocycles. The molecule has 0 unspecified atom stereocenters. The zero-order chi connectivity index (χ0) is 16.1. The van der Waals surface area contributed by atoms with Gasteiger partial charge in [-0.25, -0.2) is 4.98 Å². The van der Waals surface area contributed by atoms with Crippen LogP contribution in [0.25, 0.3) is 11.7 Å². The molecule has 0 spiro atoms. The molecule has 1 aliphatic heterocycles. The van der Waals surface area contributed by atoms with Gasteiger partial charge in [0.2, 0.25) is 0 Å². The molecule has 0 radical (unpaired) electrons. The number of nitrogens with zero attached hydrogens (tertiary/aromatic N) is 5. The van der Waals surface area contributed by atoms with E-state index < -0.39 is 0 Å². The highest BCUT2D eigenvalue weighted by molar-refractivity contribution is 5.44. The number of furan rings is 1. The number of fused-ring (bicyclic) bond motifs is 1. The SMILES string of the molecule is Cc1oc(-c2ccco2)nc1CN1CCn2c(nnc2C2CC2)C1. The fourth-order valence-electron chi connectivity index (χ4n) is 3.30. The van der Waals surface area contributed by atoms with E-state index in [1.165, 1.54) is 18.7 Å². The Kier molecular flexibility index (Phi) is 3.09. The van der Waals surface area contributed by atoms with Crippen LogP contribution in [0.1, 0.15) is 41.9 Å². The summed E-state index contributed by atoms with van der Waals surface area (Å²) in [4.78, 5) is 6.95. The summed E-state index contributed by atoms with van der Waals surface area (Å²) in [6.07, 6.45) is 4.15. The second-order valence-electron chi connectivity index (χ2n) is 6.61. The maximum atomic E-state index is 5.75. The first kappa shape index (κ1) is 14.0. The number of oxazole rings is 1. The highest BCUT2D eigenvalue weighted by Gasteiger charge is 2.32. The zero-order valence-electron chi connectivity index (χ0n) is 13.6. The van der Waals surface area contributed by atoms with E-state index >= 15 is 0 Å². The zero-order valence-corrected chi connectivity index (χ0v) is 13.6. The first-order valence-electron chi connectivity index (χ1n) is 8.42. The maximum Gasteiger partial charge on any atom is 0.263 e. The molecule has 7 heteroatoms. The van der Waals surface area contributed by atoms with Crippen molar-refractivity contribution in [2.24, 2.45) is 0 Å². The predicted octanol–water partition coefficient (Wildman–Crippen LogP) is 2.73. The van der Waals surface area contributed by atoms with Crippen LogP contribution in [0.15, 0.2) is 27.2 Å². The third kappa shape index (κ3) is 2.36. The van der Waals surface area contributed by atoms with Crippen LogP contribution in [0, 0.1) is 6.92 Å². The molecule has 124 valence electrons. The number of aryl methyl sites for hydroxylation is 1. The van der Waals surface area contributed by atoms with Gasteiger partial charge in [-0.3, -0.25) is 4.90 Å². The molecule has 1 aliphatic carbocycles. The molecule has 1 fully saturated rings. The molecule has 0 N–H and O–H groups in total. The molecule has 0 bridgehead atoms. The van der Waals surface area contributed by atoms with Crippen LogP contribution < -0.4 is 0 Å². The van der Waals surface area contributed by atoms with Crippen molar-refractivity contribution >= 4 is 0 Å². The van der Waals surface area contributed by atoms with Crippen molar-refractivity contribution < 1.29 is 8.83 Å². The van der Waals surface area contributed by atoms with Gasteiger partial charge < -0.3 is 13.4 Å². The van der Waals surface area contributed by atoms with Crippen LogP contribution in [-0.4, -0.2) is 31.2 Å². The lowest BCUT2D eigenvalue weighted by molar-refractivity contribution is 0.204. The van der Waals surface area contributed by atoms with Crippen molar-refractivity contribution in [3.05, 3.63) is 41.5 Å². The molecule has 24 heavy (non-hydrogen) atoms. The fourth-order valence-corrected chi connectivity index (χ4v) is 3.30. The van der Waals surface area contributed by atoms with Gasteiger partial charge >= 0.3 is 0 Å². The van der Waals surface area contributed by atoms with E-state index in [0.717, 1.165) is 43.5 Å². The Balaban J connectivity index is 1.33. The second kappa shape index (κ2) is 5.31. The van der Waals surface area contributed by atoms with E-state index in [9.17, 15) is 0 Å². The molecule has 0 amide bonds. The molecule has 1 saturated carbocycles. The number of hydrogen-bond acceptors (Lipinski definition) is 6. The average Bonchev–Trinajstić information content (AvgIpc) is 3.00.